The molecule has 0 radical (unpaired) electrons. The molecule has 5 amide bonds. The predicted molar refractivity (Wildman–Crippen MR) is 209 cm³/mol. The van der Waals surface area contributed by atoms with E-state index in [1.54, 1.807) is 32.0 Å². The highest BCUT2D eigenvalue weighted by Gasteiger charge is 2.52. The zero-order valence-electron chi connectivity index (χ0n) is 32.5. The second-order valence-electron chi connectivity index (χ2n) is 15.7. The van der Waals surface area contributed by atoms with E-state index < -0.39 is 34.8 Å². The second kappa shape index (κ2) is 17.0. The van der Waals surface area contributed by atoms with E-state index >= 15 is 0 Å². The van der Waals surface area contributed by atoms with Gasteiger partial charge in [-0.3, -0.25) is 34.4 Å². The van der Waals surface area contributed by atoms with E-state index in [1.165, 1.54) is 17.2 Å². The minimum Gasteiger partial charge on any atom is -0.378 e. The van der Waals surface area contributed by atoms with Gasteiger partial charge in [-0.05, 0) is 96.3 Å². The van der Waals surface area contributed by atoms with Crippen molar-refractivity contribution in [3.63, 3.8) is 0 Å². The third-order valence-corrected chi connectivity index (χ3v) is 11.7. The van der Waals surface area contributed by atoms with E-state index in [2.05, 4.69) is 39.3 Å². The van der Waals surface area contributed by atoms with Crippen LogP contribution in [-0.4, -0.2) is 118 Å². The molecule has 57 heavy (non-hydrogen) atoms. The molecule has 6 rings (SSSR count). The number of amides is 5. The molecule has 1 saturated carbocycles. The fraction of sp³-hybridized carbons (Fsp3) is 0.564. The van der Waals surface area contributed by atoms with E-state index in [0.717, 1.165) is 55.9 Å². The summed E-state index contributed by atoms with van der Waals surface area (Å²) < 4.78 is 47.4. The number of nitrogens with one attached hydrogen (secondary N) is 2. The summed E-state index contributed by atoms with van der Waals surface area (Å²) in [5, 5.41) is 14.5. The van der Waals surface area contributed by atoms with Gasteiger partial charge in [0.05, 0.1) is 41.2 Å². The molecule has 1 aromatic heterocycles. The number of urea groups is 1. The molecule has 18 heteroatoms. The van der Waals surface area contributed by atoms with Crippen LogP contribution in [0.25, 0.3) is 0 Å². The van der Waals surface area contributed by atoms with Crippen molar-refractivity contribution in [1.29, 1.82) is 5.26 Å². The summed E-state index contributed by atoms with van der Waals surface area (Å²) >= 11 is 5.73. The molecule has 3 aliphatic heterocycles. The van der Waals surface area contributed by atoms with Gasteiger partial charge in [-0.2, -0.15) is 18.4 Å². The van der Waals surface area contributed by atoms with Gasteiger partial charge in [0.15, 0.2) is 5.11 Å². The Morgan fingerprint density at radius 1 is 1.07 bits per heavy atom. The number of anilines is 3. The molecule has 1 aliphatic carbocycles. The fourth-order valence-corrected chi connectivity index (χ4v) is 9.00. The van der Waals surface area contributed by atoms with Crippen LogP contribution in [0.4, 0.5) is 35.2 Å². The first-order chi connectivity index (χ1) is 27.0. The summed E-state index contributed by atoms with van der Waals surface area (Å²) in [6, 6.07) is 7.72. The molecule has 2 N–H and O–H groups in total. The van der Waals surface area contributed by atoms with Crippen molar-refractivity contribution in [3.8, 4) is 6.07 Å². The molecule has 4 heterocycles. The zero-order chi connectivity index (χ0) is 41.2. The molecule has 3 saturated heterocycles. The number of rotatable bonds is 11. The van der Waals surface area contributed by atoms with Crippen molar-refractivity contribution in [2.45, 2.75) is 102 Å². The maximum atomic E-state index is 13.7. The highest BCUT2D eigenvalue weighted by Crippen LogP contribution is 2.40. The average Bonchev–Trinajstić information content (AvgIpc) is 3.33. The lowest BCUT2D eigenvalue weighted by Crippen LogP contribution is -2.58. The fourth-order valence-electron chi connectivity index (χ4n) is 8.44. The van der Waals surface area contributed by atoms with E-state index in [0.29, 0.717) is 31.0 Å². The van der Waals surface area contributed by atoms with Crippen LogP contribution in [0.3, 0.4) is 0 Å². The van der Waals surface area contributed by atoms with Crippen molar-refractivity contribution in [3.05, 3.63) is 47.7 Å². The molecule has 0 bridgehead atoms. The third-order valence-electron chi connectivity index (χ3n) is 11.3. The molecule has 2 atom stereocenters. The Hall–Kier alpha value is -4.70. The lowest BCUT2D eigenvalue weighted by molar-refractivity contribution is -0.137. The van der Waals surface area contributed by atoms with Gasteiger partial charge in [0.2, 0.25) is 11.8 Å². The summed E-state index contributed by atoms with van der Waals surface area (Å²) in [4.78, 5) is 63.7. The van der Waals surface area contributed by atoms with Crippen LogP contribution in [0.1, 0.15) is 77.3 Å². The Labute approximate surface area is 335 Å². The smallest absolute Gasteiger partial charge is 0.378 e. The normalized spacial score (nSPS) is 24.8. The van der Waals surface area contributed by atoms with Crippen LogP contribution in [0, 0.1) is 11.3 Å². The number of piperazine rings is 1. The highest BCUT2D eigenvalue weighted by atomic mass is 32.1. The number of carbonyl (C=O) groups excluding carboxylic acids is 4. The van der Waals surface area contributed by atoms with Crippen LogP contribution in [0.5, 0.6) is 0 Å². The van der Waals surface area contributed by atoms with Crippen LogP contribution >= 0.6 is 12.2 Å². The molecule has 4 aliphatic rings. The number of carbonyl (C=O) groups is 4. The number of aromatic nitrogens is 1. The van der Waals surface area contributed by atoms with Crippen molar-refractivity contribution >= 4 is 58.3 Å². The monoisotopic (exact) mass is 811 g/mol. The van der Waals surface area contributed by atoms with E-state index in [4.69, 9.17) is 17.0 Å². The topological polar surface area (TPSA) is 154 Å². The number of halogens is 3. The van der Waals surface area contributed by atoms with Gasteiger partial charge >= 0.3 is 12.2 Å². The molecule has 1 aromatic carbocycles. The van der Waals surface area contributed by atoms with Crippen molar-refractivity contribution < 1.29 is 37.1 Å². The van der Waals surface area contributed by atoms with Crippen LogP contribution < -0.4 is 20.4 Å². The largest absolute Gasteiger partial charge is 0.417 e. The van der Waals surface area contributed by atoms with Crippen molar-refractivity contribution in [1.82, 2.24) is 25.0 Å². The molecule has 4 fully saturated rings. The summed E-state index contributed by atoms with van der Waals surface area (Å²) in [6.45, 7) is 11.1. The minimum atomic E-state index is -4.76. The van der Waals surface area contributed by atoms with Gasteiger partial charge in [-0.15, -0.1) is 0 Å². The number of ether oxygens (including phenoxy) is 1. The van der Waals surface area contributed by atoms with Crippen LogP contribution in [0.2, 0.25) is 0 Å². The minimum absolute atomic E-state index is 0.0117. The highest BCUT2D eigenvalue weighted by molar-refractivity contribution is 7.80. The third kappa shape index (κ3) is 9.22. The van der Waals surface area contributed by atoms with Crippen LogP contribution in [0.15, 0.2) is 36.5 Å². The standard InChI is InChI=1S/C39H48F3N9O5S/c1-24-21-47(22-25(2)49(24)23-34(53)45-32-19-28(12-14-44-32)48-16-13-33(52)46-36(48)55)15-5-17-56-30-10-8-27(9-11-30)51-37(57)50(35(54)38(51,3)4)29-7-6-26(20-43)31(18-29)39(40,41)42/h6-7,12,14,18-19,24-25,27,30H,5,8-11,13,15-17,21-23H2,1-4H3,(H,44,45,53)(H,46,52,55)/t24-,25+,27-,30-. The Morgan fingerprint density at radius 2 is 1.77 bits per heavy atom. The molecular weight excluding hydrogens is 764 g/mol. The number of hydrogen-bond donors (Lipinski definition) is 2. The maximum absolute atomic E-state index is 13.7. The molecule has 306 valence electrons. The first kappa shape index (κ1) is 41.9. The molecule has 2 aromatic rings. The van der Waals surface area contributed by atoms with E-state index in [-0.39, 0.29) is 66.4 Å². The lowest BCUT2D eigenvalue weighted by Gasteiger charge is -2.44. The Bertz CT molecular complexity index is 1920. The average molecular weight is 812 g/mol. The molecule has 0 unspecified atom stereocenters. The molecule has 14 nitrogen and oxygen atoms in total. The zero-order valence-corrected chi connectivity index (χ0v) is 33.3. The number of nitrogens with zero attached hydrogens (tertiary/aromatic N) is 7. The molecule has 0 spiro atoms. The Kier molecular flexibility index (Phi) is 12.5. The SMILES string of the molecule is C[C@@H]1CN(CCCO[C@H]2CC[C@H](N3C(=S)N(c4ccc(C#N)c(C(F)(F)F)c4)C(=O)C3(C)C)CC2)C[C@H](C)N1CC(=O)Nc1cc(N2CCC(=O)NC2=O)ccn1. The van der Waals surface area contributed by atoms with Crippen molar-refractivity contribution in [2.24, 2.45) is 0 Å². The van der Waals surface area contributed by atoms with Crippen LogP contribution in [-0.2, 0) is 25.3 Å². The Morgan fingerprint density at radius 3 is 2.42 bits per heavy atom. The van der Waals surface area contributed by atoms with E-state index in [9.17, 15) is 37.6 Å². The quantitative estimate of drug-likeness (QED) is 0.236. The summed E-state index contributed by atoms with van der Waals surface area (Å²) in [5.74, 6) is -0.623. The Balaban J connectivity index is 0.929. The van der Waals surface area contributed by atoms with Gasteiger partial charge in [0, 0.05) is 69.6 Å². The lowest BCUT2D eigenvalue weighted by atomic mass is 9.89. The summed E-state index contributed by atoms with van der Waals surface area (Å²) in [6.07, 6.45) is 0.755. The number of benzene rings is 1. The molecular formula is C39H48F3N9O5S. The van der Waals surface area contributed by atoms with Gasteiger partial charge in [-0.1, -0.05) is 0 Å². The first-order valence-corrected chi connectivity index (χ1v) is 19.6. The summed E-state index contributed by atoms with van der Waals surface area (Å²) in [5.41, 5.74) is -2.17. The second-order valence-corrected chi connectivity index (χ2v) is 16.0. The van der Waals surface area contributed by atoms with Gasteiger partial charge in [0.25, 0.3) is 5.91 Å². The number of alkyl halides is 3. The van der Waals surface area contributed by atoms with E-state index in [1.807, 2.05) is 4.90 Å². The maximum Gasteiger partial charge on any atom is 0.417 e. The van der Waals surface area contributed by atoms with Gasteiger partial charge < -0.3 is 19.9 Å². The number of pyridine rings is 1. The number of imide groups is 1. The number of hydrogen-bond acceptors (Lipinski definition) is 10. The summed E-state index contributed by atoms with van der Waals surface area (Å²) in [7, 11) is 0. The predicted octanol–water partition coefficient (Wildman–Crippen LogP) is 4.88. The van der Waals surface area contributed by atoms with Gasteiger partial charge in [0.1, 0.15) is 11.4 Å². The first-order valence-electron chi connectivity index (χ1n) is 19.2. The number of thiocarbonyl (C=S) groups is 1. The van der Waals surface area contributed by atoms with Crippen molar-refractivity contribution in [2.75, 3.05) is 54.4 Å². The van der Waals surface area contributed by atoms with Gasteiger partial charge in [-0.25, -0.2) is 9.78 Å². The number of nitriles is 1.